The van der Waals surface area contributed by atoms with Crippen molar-refractivity contribution in [2.45, 2.75) is 19.3 Å². The Kier molecular flexibility index (Phi) is 4.19. The standard InChI is InChI=1S/C16H17ClFNO4/c17-12-7-10(1-2-13(12)18)23-9-14(20)19-5-3-16(4-6-19)8-11(16)15(21)22/h1-2,7,11H,3-6,8-9H2,(H,21,22). The van der Waals surface area contributed by atoms with E-state index in [2.05, 4.69) is 0 Å². The van der Waals surface area contributed by atoms with Crippen LogP contribution >= 0.6 is 11.6 Å². The minimum atomic E-state index is -0.735. The lowest BCUT2D eigenvalue weighted by Gasteiger charge is -2.32. The van der Waals surface area contributed by atoms with Crippen LogP contribution in [0.15, 0.2) is 18.2 Å². The first-order valence-corrected chi connectivity index (χ1v) is 7.87. The number of carboxylic acids is 1. The second kappa shape index (κ2) is 6.00. The Balaban J connectivity index is 1.48. The normalized spacial score (nSPS) is 22.0. The van der Waals surface area contributed by atoms with E-state index < -0.39 is 11.8 Å². The van der Waals surface area contributed by atoms with Gasteiger partial charge in [0.05, 0.1) is 10.9 Å². The van der Waals surface area contributed by atoms with E-state index in [-0.39, 0.29) is 28.9 Å². The number of nitrogens with zero attached hydrogens (tertiary/aromatic N) is 1. The van der Waals surface area contributed by atoms with Crippen LogP contribution in [0.2, 0.25) is 5.02 Å². The van der Waals surface area contributed by atoms with Crippen LogP contribution in [0.4, 0.5) is 4.39 Å². The lowest BCUT2D eigenvalue weighted by atomic mass is 9.91. The van der Waals surface area contributed by atoms with E-state index in [1.54, 1.807) is 4.90 Å². The van der Waals surface area contributed by atoms with Crippen molar-refractivity contribution in [1.82, 2.24) is 4.90 Å². The molecule has 1 aromatic carbocycles. The Labute approximate surface area is 138 Å². The van der Waals surface area contributed by atoms with Crippen molar-refractivity contribution >= 4 is 23.5 Å². The molecule has 1 spiro atoms. The van der Waals surface area contributed by atoms with E-state index in [0.717, 1.165) is 19.3 Å². The summed E-state index contributed by atoms with van der Waals surface area (Å²) >= 11 is 5.66. The molecule has 1 heterocycles. The quantitative estimate of drug-likeness (QED) is 0.914. The molecule has 1 aliphatic heterocycles. The van der Waals surface area contributed by atoms with Gasteiger partial charge in [0.15, 0.2) is 6.61 Å². The van der Waals surface area contributed by atoms with Crippen molar-refractivity contribution in [2.24, 2.45) is 11.3 Å². The summed E-state index contributed by atoms with van der Waals surface area (Å²) in [6, 6.07) is 3.93. The van der Waals surface area contributed by atoms with E-state index in [0.29, 0.717) is 18.8 Å². The first kappa shape index (κ1) is 16.1. The molecule has 1 saturated heterocycles. The highest BCUT2D eigenvalue weighted by molar-refractivity contribution is 6.30. The van der Waals surface area contributed by atoms with Crippen LogP contribution in [0, 0.1) is 17.2 Å². The molecule has 0 aromatic heterocycles. The SMILES string of the molecule is O=C(O)C1CC12CCN(C(=O)COc1ccc(F)c(Cl)c1)CC2. The molecule has 2 fully saturated rings. The molecule has 7 heteroatoms. The maximum absolute atomic E-state index is 13.1. The fourth-order valence-electron chi connectivity index (χ4n) is 3.25. The van der Waals surface area contributed by atoms with Crippen molar-refractivity contribution in [1.29, 1.82) is 0 Å². The summed E-state index contributed by atoms with van der Waals surface area (Å²) in [6.45, 7) is 0.962. The van der Waals surface area contributed by atoms with Crippen molar-refractivity contribution < 1.29 is 23.8 Å². The number of carbonyl (C=O) groups is 2. The summed E-state index contributed by atoms with van der Waals surface area (Å²) in [7, 11) is 0. The molecule has 1 saturated carbocycles. The molecule has 23 heavy (non-hydrogen) atoms. The summed E-state index contributed by atoms with van der Waals surface area (Å²) in [5.41, 5.74) is -0.103. The molecule has 1 unspecified atom stereocenters. The predicted octanol–water partition coefficient (Wildman–Crippen LogP) is 2.57. The van der Waals surface area contributed by atoms with Gasteiger partial charge in [0.25, 0.3) is 5.91 Å². The highest BCUT2D eigenvalue weighted by Crippen LogP contribution is 2.59. The zero-order valence-electron chi connectivity index (χ0n) is 12.4. The number of amides is 1. The van der Waals surface area contributed by atoms with Gasteiger partial charge in [-0.1, -0.05) is 11.6 Å². The van der Waals surface area contributed by atoms with Gasteiger partial charge >= 0.3 is 5.97 Å². The fourth-order valence-corrected chi connectivity index (χ4v) is 3.42. The van der Waals surface area contributed by atoms with Crippen LogP contribution in [0.25, 0.3) is 0 Å². The Hall–Kier alpha value is -1.82. The molecular weight excluding hydrogens is 325 g/mol. The number of rotatable bonds is 4. The lowest BCUT2D eigenvalue weighted by molar-refractivity contribution is -0.140. The van der Waals surface area contributed by atoms with Crippen LogP contribution in [-0.4, -0.2) is 41.6 Å². The van der Waals surface area contributed by atoms with Gasteiger partial charge in [0.1, 0.15) is 11.6 Å². The molecule has 3 rings (SSSR count). The number of likely N-dealkylation sites (tertiary alicyclic amines) is 1. The van der Waals surface area contributed by atoms with Gasteiger partial charge in [-0.05, 0) is 36.8 Å². The zero-order valence-corrected chi connectivity index (χ0v) is 13.2. The van der Waals surface area contributed by atoms with Crippen LogP contribution in [0.5, 0.6) is 5.75 Å². The number of benzene rings is 1. The molecule has 0 bridgehead atoms. The first-order valence-electron chi connectivity index (χ1n) is 7.50. The summed E-state index contributed by atoms with van der Waals surface area (Å²) in [5, 5.41) is 9.01. The molecule has 1 aliphatic carbocycles. The van der Waals surface area contributed by atoms with E-state index >= 15 is 0 Å². The van der Waals surface area contributed by atoms with Gasteiger partial charge in [-0.25, -0.2) is 4.39 Å². The number of halogens is 2. The molecule has 124 valence electrons. The van der Waals surface area contributed by atoms with E-state index in [1.165, 1.54) is 18.2 Å². The van der Waals surface area contributed by atoms with Gasteiger partial charge in [-0.15, -0.1) is 0 Å². The topological polar surface area (TPSA) is 66.8 Å². The van der Waals surface area contributed by atoms with Gasteiger partial charge < -0.3 is 14.7 Å². The number of carbonyl (C=O) groups excluding carboxylic acids is 1. The highest BCUT2D eigenvalue weighted by Gasteiger charge is 2.59. The number of ether oxygens (including phenoxy) is 1. The minimum absolute atomic E-state index is 0.0525. The summed E-state index contributed by atoms with van der Waals surface area (Å²) in [4.78, 5) is 24.9. The third-order valence-electron chi connectivity index (χ3n) is 4.85. The molecule has 0 radical (unpaired) electrons. The average Bonchev–Trinajstić information content (AvgIpc) is 3.23. The van der Waals surface area contributed by atoms with Crippen molar-refractivity contribution in [3.05, 3.63) is 29.0 Å². The number of hydrogen-bond donors (Lipinski definition) is 1. The lowest BCUT2D eigenvalue weighted by Crippen LogP contribution is -2.42. The largest absolute Gasteiger partial charge is 0.484 e. The van der Waals surface area contributed by atoms with Gasteiger partial charge in [0, 0.05) is 19.2 Å². The van der Waals surface area contributed by atoms with Crippen LogP contribution in [0.3, 0.4) is 0 Å². The van der Waals surface area contributed by atoms with E-state index in [1.807, 2.05) is 0 Å². The third-order valence-corrected chi connectivity index (χ3v) is 5.14. The fraction of sp³-hybridized carbons (Fsp3) is 0.500. The average molecular weight is 342 g/mol. The number of aliphatic carboxylic acids is 1. The Morgan fingerprint density at radius 2 is 2.09 bits per heavy atom. The number of carboxylic acid groups (broad SMARTS) is 1. The monoisotopic (exact) mass is 341 g/mol. The molecule has 1 atom stereocenters. The van der Waals surface area contributed by atoms with Crippen LogP contribution in [-0.2, 0) is 9.59 Å². The number of hydrogen-bond acceptors (Lipinski definition) is 3. The third kappa shape index (κ3) is 3.27. The number of piperidine rings is 1. The Morgan fingerprint density at radius 1 is 1.39 bits per heavy atom. The van der Waals surface area contributed by atoms with E-state index in [4.69, 9.17) is 21.4 Å². The molecule has 2 aliphatic rings. The minimum Gasteiger partial charge on any atom is -0.484 e. The summed E-state index contributed by atoms with van der Waals surface area (Å²) < 4.78 is 18.4. The Bertz CT molecular complexity index is 643. The van der Waals surface area contributed by atoms with Crippen LogP contribution < -0.4 is 4.74 Å². The van der Waals surface area contributed by atoms with Crippen molar-refractivity contribution in [2.75, 3.05) is 19.7 Å². The molecule has 1 aromatic rings. The molecular formula is C16H17ClFNO4. The Morgan fingerprint density at radius 3 is 2.65 bits per heavy atom. The smallest absolute Gasteiger partial charge is 0.307 e. The summed E-state index contributed by atoms with van der Waals surface area (Å²) in [6.07, 6.45) is 2.16. The predicted molar refractivity (Wildman–Crippen MR) is 80.9 cm³/mol. The maximum Gasteiger partial charge on any atom is 0.307 e. The summed E-state index contributed by atoms with van der Waals surface area (Å²) in [5.74, 6) is -1.35. The first-order chi connectivity index (χ1) is 10.9. The van der Waals surface area contributed by atoms with E-state index in [9.17, 15) is 14.0 Å². The maximum atomic E-state index is 13.1. The van der Waals surface area contributed by atoms with Crippen molar-refractivity contribution in [3.63, 3.8) is 0 Å². The van der Waals surface area contributed by atoms with Crippen LogP contribution in [0.1, 0.15) is 19.3 Å². The molecule has 1 N–H and O–H groups in total. The van der Waals surface area contributed by atoms with Crippen molar-refractivity contribution in [3.8, 4) is 5.75 Å². The van der Waals surface area contributed by atoms with Gasteiger partial charge in [0.2, 0.25) is 0 Å². The second-order valence-electron chi connectivity index (χ2n) is 6.20. The second-order valence-corrected chi connectivity index (χ2v) is 6.61. The molecule has 1 amide bonds. The highest BCUT2D eigenvalue weighted by atomic mass is 35.5. The molecule has 5 nitrogen and oxygen atoms in total. The van der Waals surface area contributed by atoms with Gasteiger partial charge in [-0.3, -0.25) is 9.59 Å². The zero-order chi connectivity index (χ0) is 16.6. The van der Waals surface area contributed by atoms with Gasteiger partial charge in [-0.2, -0.15) is 0 Å².